The second-order valence-electron chi connectivity index (χ2n) is 7.71. The summed E-state index contributed by atoms with van der Waals surface area (Å²) >= 11 is 0. The van der Waals surface area contributed by atoms with E-state index in [2.05, 4.69) is 46.7 Å². The maximum Gasteiger partial charge on any atom is 0.220 e. The highest BCUT2D eigenvalue weighted by Gasteiger charge is 2.24. The summed E-state index contributed by atoms with van der Waals surface area (Å²) in [6.45, 7) is 7.35. The minimum atomic E-state index is 0. The quantitative estimate of drug-likeness (QED) is 0.709. The number of carbonyl (C=O) groups is 1. The molecule has 6 heteroatoms. The fourth-order valence-electron chi connectivity index (χ4n) is 4.10. The number of carbonyl (C=O) groups excluding carboxylic acids is 1. The normalized spacial score (nSPS) is 19.0. The number of piperidine rings is 1. The van der Waals surface area contributed by atoms with Crippen molar-refractivity contribution in [2.45, 2.75) is 51.5 Å². The summed E-state index contributed by atoms with van der Waals surface area (Å²) in [5.41, 5.74) is 2.61. The summed E-state index contributed by atoms with van der Waals surface area (Å²) in [6.07, 6.45) is 6.68. The highest BCUT2D eigenvalue weighted by Crippen LogP contribution is 2.25. The van der Waals surface area contributed by atoms with Crippen LogP contribution in [0.5, 0.6) is 0 Å². The van der Waals surface area contributed by atoms with Crippen LogP contribution in [-0.4, -0.2) is 43.5 Å². The van der Waals surface area contributed by atoms with E-state index in [1.165, 1.54) is 36.8 Å². The maximum atomic E-state index is 12.3. The van der Waals surface area contributed by atoms with Gasteiger partial charge in [0.05, 0.1) is 6.04 Å². The van der Waals surface area contributed by atoms with E-state index in [4.69, 9.17) is 0 Å². The number of nitrogens with zero attached hydrogens (tertiary/aromatic N) is 1. The van der Waals surface area contributed by atoms with E-state index < -0.39 is 0 Å². The van der Waals surface area contributed by atoms with Crippen LogP contribution in [0, 0.1) is 12.8 Å². The number of amides is 1. The first-order valence-corrected chi connectivity index (χ1v) is 10.0. The zero-order valence-electron chi connectivity index (χ0n) is 16.4. The van der Waals surface area contributed by atoms with Crippen molar-refractivity contribution in [3.63, 3.8) is 0 Å². The van der Waals surface area contributed by atoms with Crippen LogP contribution in [0.2, 0.25) is 0 Å². The maximum absolute atomic E-state index is 12.3. The summed E-state index contributed by atoms with van der Waals surface area (Å²) < 4.78 is 0. The van der Waals surface area contributed by atoms with Crippen molar-refractivity contribution in [1.82, 2.24) is 15.5 Å². The van der Waals surface area contributed by atoms with Crippen molar-refractivity contribution >= 4 is 30.7 Å². The van der Waals surface area contributed by atoms with Gasteiger partial charge < -0.3 is 10.6 Å². The third-order valence-electron chi connectivity index (χ3n) is 5.77. The lowest BCUT2D eigenvalue weighted by atomic mass is 9.93. The first kappa shape index (κ1) is 24.2. The van der Waals surface area contributed by atoms with Crippen molar-refractivity contribution in [2.75, 3.05) is 32.7 Å². The largest absolute Gasteiger partial charge is 0.354 e. The molecule has 2 fully saturated rings. The molecule has 4 nitrogen and oxygen atoms in total. The van der Waals surface area contributed by atoms with Crippen LogP contribution in [0.4, 0.5) is 0 Å². The molecule has 0 spiro atoms. The van der Waals surface area contributed by atoms with Crippen LogP contribution in [-0.2, 0) is 4.79 Å². The first-order valence-electron chi connectivity index (χ1n) is 10.0. The minimum Gasteiger partial charge on any atom is -0.354 e. The van der Waals surface area contributed by atoms with E-state index in [1.54, 1.807) is 0 Å². The molecule has 154 valence electrons. The van der Waals surface area contributed by atoms with Gasteiger partial charge in [-0.15, -0.1) is 24.8 Å². The molecule has 27 heavy (non-hydrogen) atoms. The van der Waals surface area contributed by atoms with E-state index in [0.717, 1.165) is 45.1 Å². The Morgan fingerprint density at radius 2 is 1.78 bits per heavy atom. The highest BCUT2D eigenvalue weighted by molar-refractivity contribution is 5.85. The molecule has 2 aliphatic heterocycles. The predicted molar refractivity (Wildman–Crippen MR) is 117 cm³/mol. The number of likely N-dealkylation sites (tertiary alicyclic amines) is 1. The number of halogens is 2. The molecular weight excluding hydrogens is 381 g/mol. The number of hydrogen-bond donors (Lipinski definition) is 2. The van der Waals surface area contributed by atoms with Crippen LogP contribution >= 0.6 is 24.8 Å². The van der Waals surface area contributed by atoms with Crippen LogP contribution in [0.1, 0.15) is 55.7 Å². The van der Waals surface area contributed by atoms with Gasteiger partial charge in [0.15, 0.2) is 0 Å². The van der Waals surface area contributed by atoms with Crippen LogP contribution in [0.15, 0.2) is 24.3 Å². The fourth-order valence-corrected chi connectivity index (χ4v) is 4.10. The topological polar surface area (TPSA) is 44.4 Å². The van der Waals surface area contributed by atoms with E-state index in [0.29, 0.717) is 12.5 Å². The molecule has 2 saturated heterocycles. The smallest absolute Gasteiger partial charge is 0.220 e. The summed E-state index contributed by atoms with van der Waals surface area (Å²) in [5, 5.41) is 6.61. The Hall–Kier alpha value is -0.810. The lowest BCUT2D eigenvalue weighted by Gasteiger charge is -2.28. The van der Waals surface area contributed by atoms with Crippen molar-refractivity contribution in [1.29, 1.82) is 0 Å². The molecule has 2 N–H and O–H groups in total. The van der Waals surface area contributed by atoms with E-state index in [9.17, 15) is 4.79 Å². The van der Waals surface area contributed by atoms with Crippen molar-refractivity contribution in [2.24, 2.45) is 5.92 Å². The molecule has 0 bridgehead atoms. The van der Waals surface area contributed by atoms with Crippen LogP contribution in [0.25, 0.3) is 0 Å². The van der Waals surface area contributed by atoms with Gasteiger partial charge >= 0.3 is 0 Å². The first-order chi connectivity index (χ1) is 12.2. The number of benzene rings is 1. The zero-order chi connectivity index (χ0) is 17.5. The monoisotopic (exact) mass is 415 g/mol. The second kappa shape index (κ2) is 12.6. The van der Waals surface area contributed by atoms with Gasteiger partial charge in [0.25, 0.3) is 0 Å². The Morgan fingerprint density at radius 1 is 1.15 bits per heavy atom. The van der Waals surface area contributed by atoms with Gasteiger partial charge in [0, 0.05) is 13.0 Å². The van der Waals surface area contributed by atoms with Crippen molar-refractivity contribution < 1.29 is 4.79 Å². The van der Waals surface area contributed by atoms with Gasteiger partial charge in [-0.25, -0.2) is 0 Å². The van der Waals surface area contributed by atoms with Crippen molar-refractivity contribution in [3.05, 3.63) is 35.4 Å². The Kier molecular flexibility index (Phi) is 11.3. The summed E-state index contributed by atoms with van der Waals surface area (Å²) in [5.74, 6) is 0.938. The van der Waals surface area contributed by atoms with E-state index in [1.807, 2.05) is 0 Å². The molecule has 0 aliphatic carbocycles. The van der Waals surface area contributed by atoms with Crippen LogP contribution in [0.3, 0.4) is 0 Å². The Bertz CT molecular complexity index is 541. The molecule has 0 aromatic heterocycles. The van der Waals surface area contributed by atoms with Crippen LogP contribution < -0.4 is 10.6 Å². The molecule has 1 aromatic rings. The lowest BCUT2D eigenvalue weighted by Crippen LogP contribution is -2.37. The third kappa shape index (κ3) is 7.61. The molecule has 1 aromatic carbocycles. The highest BCUT2D eigenvalue weighted by atomic mass is 35.5. The molecule has 2 aliphatic rings. The molecule has 0 saturated carbocycles. The summed E-state index contributed by atoms with van der Waals surface area (Å²) in [7, 11) is 0. The fraction of sp³-hybridized carbons (Fsp3) is 0.667. The molecule has 1 unspecified atom stereocenters. The number of rotatable bonds is 7. The van der Waals surface area contributed by atoms with Gasteiger partial charge in [0.2, 0.25) is 5.91 Å². The van der Waals surface area contributed by atoms with Crippen molar-refractivity contribution in [3.8, 4) is 0 Å². The summed E-state index contributed by atoms with van der Waals surface area (Å²) in [6, 6.07) is 9.11. The van der Waals surface area contributed by atoms with Gasteiger partial charge in [0.1, 0.15) is 0 Å². The minimum absolute atomic E-state index is 0. The average molecular weight is 416 g/mol. The molecule has 1 amide bonds. The van der Waals surface area contributed by atoms with Gasteiger partial charge in [-0.1, -0.05) is 29.8 Å². The number of nitrogens with one attached hydrogen (secondary N) is 2. The van der Waals surface area contributed by atoms with Gasteiger partial charge in [-0.3, -0.25) is 9.69 Å². The third-order valence-corrected chi connectivity index (χ3v) is 5.77. The molecule has 3 rings (SSSR count). The number of aryl methyl sites for hydroxylation is 1. The van der Waals surface area contributed by atoms with E-state index in [-0.39, 0.29) is 30.7 Å². The zero-order valence-corrected chi connectivity index (χ0v) is 18.0. The molecule has 1 atom stereocenters. The standard InChI is InChI=1S/C21H33N3O.2ClH/c1-17-4-7-19(8-5-17)20(24-14-2-3-15-24)16-23-21(25)9-6-18-10-12-22-13-11-18;;/h4-5,7-8,18,20,22H,2-3,6,9-16H2,1H3,(H,23,25);2*1H. The lowest BCUT2D eigenvalue weighted by molar-refractivity contribution is -0.121. The molecular formula is C21H35Cl2N3O. The van der Waals surface area contributed by atoms with Gasteiger partial charge in [-0.05, 0) is 76.7 Å². The SMILES string of the molecule is Cc1ccc(C(CNC(=O)CCC2CCNCC2)N2CCCC2)cc1.Cl.Cl. The van der Waals surface area contributed by atoms with E-state index >= 15 is 0 Å². The summed E-state index contributed by atoms with van der Waals surface area (Å²) in [4.78, 5) is 14.9. The predicted octanol–water partition coefficient (Wildman–Crippen LogP) is 3.87. The second-order valence-corrected chi connectivity index (χ2v) is 7.71. The number of hydrogen-bond acceptors (Lipinski definition) is 3. The molecule has 2 heterocycles. The Balaban J connectivity index is 0.00000182. The average Bonchev–Trinajstić information content (AvgIpc) is 3.17. The molecule has 0 radical (unpaired) electrons. The van der Waals surface area contributed by atoms with Gasteiger partial charge in [-0.2, -0.15) is 0 Å². The Morgan fingerprint density at radius 3 is 2.41 bits per heavy atom. The Labute approximate surface area is 176 Å².